The first kappa shape index (κ1) is 12.8. The first-order valence-corrected chi connectivity index (χ1v) is 3.89. The van der Waals surface area contributed by atoms with Crippen LogP contribution >= 0.6 is 0 Å². The number of hydrogen-bond acceptors (Lipinski definition) is 6. The second kappa shape index (κ2) is 5.48. The standard InChI is InChI=1S/C7H16O6/c8-1-5(6(12)2-9)7(13,3-10)4-11/h5-6,8-13H,1-4H2. The third-order valence-electron chi connectivity index (χ3n) is 2.09. The van der Waals surface area contributed by atoms with Gasteiger partial charge in [-0.15, -0.1) is 0 Å². The Balaban J connectivity index is 4.51. The molecule has 0 saturated carbocycles. The summed E-state index contributed by atoms with van der Waals surface area (Å²) in [5, 5.41) is 53.3. The predicted octanol–water partition coefficient (Wildman–Crippen LogP) is -3.34. The molecule has 0 aromatic heterocycles. The van der Waals surface area contributed by atoms with E-state index in [1.54, 1.807) is 0 Å². The van der Waals surface area contributed by atoms with Crippen molar-refractivity contribution >= 4 is 0 Å². The summed E-state index contributed by atoms with van der Waals surface area (Å²) in [5.41, 5.74) is -1.98. The smallest absolute Gasteiger partial charge is 0.118 e. The maximum Gasteiger partial charge on any atom is 0.118 e. The number of aliphatic hydroxyl groups is 6. The first-order chi connectivity index (χ1) is 6.05. The fourth-order valence-corrected chi connectivity index (χ4v) is 1.06. The molecule has 6 N–H and O–H groups in total. The van der Waals surface area contributed by atoms with E-state index < -0.39 is 44.1 Å². The van der Waals surface area contributed by atoms with Crippen LogP contribution in [-0.2, 0) is 0 Å². The lowest BCUT2D eigenvalue weighted by Gasteiger charge is -2.34. The minimum Gasteiger partial charge on any atom is -0.396 e. The molecule has 2 atom stereocenters. The molecule has 0 heterocycles. The first-order valence-electron chi connectivity index (χ1n) is 3.89. The molecule has 6 nitrogen and oxygen atoms in total. The predicted molar refractivity (Wildman–Crippen MR) is 42.8 cm³/mol. The Bertz CT molecular complexity index is 135. The summed E-state index contributed by atoms with van der Waals surface area (Å²) in [6.07, 6.45) is -1.38. The average Bonchev–Trinajstić information content (AvgIpc) is 2.18. The van der Waals surface area contributed by atoms with Gasteiger partial charge >= 0.3 is 0 Å². The van der Waals surface area contributed by atoms with E-state index in [0.29, 0.717) is 0 Å². The topological polar surface area (TPSA) is 121 Å². The van der Waals surface area contributed by atoms with Gasteiger partial charge in [0.05, 0.1) is 32.5 Å². The van der Waals surface area contributed by atoms with Crippen LogP contribution in [0.25, 0.3) is 0 Å². The minimum atomic E-state index is -1.98. The summed E-state index contributed by atoms with van der Waals surface area (Å²) in [5.74, 6) is -1.17. The van der Waals surface area contributed by atoms with Gasteiger partial charge in [0.2, 0.25) is 0 Å². The lowest BCUT2D eigenvalue weighted by molar-refractivity contribution is -0.146. The van der Waals surface area contributed by atoms with E-state index >= 15 is 0 Å². The Kier molecular flexibility index (Phi) is 5.38. The van der Waals surface area contributed by atoms with Gasteiger partial charge in [-0.3, -0.25) is 0 Å². The zero-order valence-electron chi connectivity index (χ0n) is 7.17. The fourth-order valence-electron chi connectivity index (χ4n) is 1.06. The number of aliphatic hydroxyl groups excluding tert-OH is 5. The molecule has 2 unspecified atom stereocenters. The van der Waals surface area contributed by atoms with E-state index in [9.17, 15) is 5.11 Å². The molecule has 0 aliphatic heterocycles. The maximum absolute atomic E-state index is 9.46. The lowest BCUT2D eigenvalue weighted by Crippen LogP contribution is -2.52. The van der Waals surface area contributed by atoms with Crippen molar-refractivity contribution in [3.05, 3.63) is 0 Å². The third-order valence-corrected chi connectivity index (χ3v) is 2.09. The molecule has 0 aromatic rings. The quantitative estimate of drug-likeness (QED) is 0.264. The summed E-state index contributed by atoms with van der Waals surface area (Å²) in [4.78, 5) is 0. The average molecular weight is 196 g/mol. The summed E-state index contributed by atoms with van der Waals surface area (Å²) >= 11 is 0. The van der Waals surface area contributed by atoms with Crippen LogP contribution < -0.4 is 0 Å². The van der Waals surface area contributed by atoms with Gasteiger partial charge in [0.1, 0.15) is 5.60 Å². The van der Waals surface area contributed by atoms with E-state index in [1.165, 1.54) is 0 Å². The second-order valence-corrected chi connectivity index (χ2v) is 2.96. The van der Waals surface area contributed by atoms with Crippen molar-refractivity contribution < 1.29 is 30.6 Å². The molecule has 0 amide bonds. The van der Waals surface area contributed by atoms with Crippen molar-refractivity contribution in [2.75, 3.05) is 26.4 Å². The van der Waals surface area contributed by atoms with Crippen LogP contribution in [0.4, 0.5) is 0 Å². The zero-order chi connectivity index (χ0) is 10.5. The van der Waals surface area contributed by atoms with Crippen molar-refractivity contribution in [2.24, 2.45) is 5.92 Å². The van der Waals surface area contributed by atoms with Crippen molar-refractivity contribution in [1.82, 2.24) is 0 Å². The van der Waals surface area contributed by atoms with E-state index in [0.717, 1.165) is 0 Å². The molecule has 0 spiro atoms. The van der Waals surface area contributed by atoms with E-state index in [-0.39, 0.29) is 0 Å². The van der Waals surface area contributed by atoms with Gasteiger partial charge in [-0.05, 0) is 0 Å². The fraction of sp³-hybridized carbons (Fsp3) is 1.00. The van der Waals surface area contributed by atoms with Crippen molar-refractivity contribution in [2.45, 2.75) is 11.7 Å². The van der Waals surface area contributed by atoms with Crippen LogP contribution in [0, 0.1) is 5.92 Å². The largest absolute Gasteiger partial charge is 0.396 e. The highest BCUT2D eigenvalue weighted by Crippen LogP contribution is 2.20. The molecule has 0 fully saturated rings. The van der Waals surface area contributed by atoms with E-state index in [1.807, 2.05) is 0 Å². The van der Waals surface area contributed by atoms with Crippen LogP contribution in [0.2, 0.25) is 0 Å². The Labute approximate surface area is 75.7 Å². The Hall–Kier alpha value is -0.240. The van der Waals surface area contributed by atoms with Crippen molar-refractivity contribution in [3.63, 3.8) is 0 Å². The van der Waals surface area contributed by atoms with Gasteiger partial charge in [-0.25, -0.2) is 0 Å². The Morgan fingerprint density at radius 3 is 1.62 bits per heavy atom. The summed E-state index contributed by atoms with van der Waals surface area (Å²) in [6.45, 7) is -2.90. The van der Waals surface area contributed by atoms with Crippen LogP contribution in [0.15, 0.2) is 0 Å². The van der Waals surface area contributed by atoms with Gasteiger partial charge in [0.15, 0.2) is 0 Å². The number of rotatable bonds is 6. The highest BCUT2D eigenvalue weighted by Gasteiger charge is 2.39. The molecule has 0 rings (SSSR count). The second-order valence-electron chi connectivity index (χ2n) is 2.96. The van der Waals surface area contributed by atoms with Gasteiger partial charge in [-0.2, -0.15) is 0 Å². The molecular formula is C7H16O6. The molecule has 80 valence electrons. The molecule has 13 heavy (non-hydrogen) atoms. The van der Waals surface area contributed by atoms with Gasteiger partial charge in [0, 0.05) is 5.92 Å². The third kappa shape index (κ3) is 2.87. The highest BCUT2D eigenvalue weighted by atomic mass is 16.4. The zero-order valence-corrected chi connectivity index (χ0v) is 7.17. The van der Waals surface area contributed by atoms with Crippen molar-refractivity contribution in [3.8, 4) is 0 Å². The summed E-state index contributed by atoms with van der Waals surface area (Å²) in [7, 11) is 0. The molecule has 0 aliphatic carbocycles. The van der Waals surface area contributed by atoms with Crippen molar-refractivity contribution in [1.29, 1.82) is 0 Å². The van der Waals surface area contributed by atoms with Crippen LogP contribution in [0.3, 0.4) is 0 Å². The van der Waals surface area contributed by atoms with Crippen LogP contribution in [-0.4, -0.2) is 68.8 Å². The lowest BCUT2D eigenvalue weighted by atomic mass is 9.85. The van der Waals surface area contributed by atoms with Gasteiger partial charge in [-0.1, -0.05) is 0 Å². The Morgan fingerprint density at radius 2 is 1.38 bits per heavy atom. The number of hydrogen-bond donors (Lipinski definition) is 6. The summed E-state index contributed by atoms with van der Waals surface area (Å²) in [6, 6.07) is 0. The summed E-state index contributed by atoms with van der Waals surface area (Å²) < 4.78 is 0. The molecule has 6 heteroatoms. The minimum absolute atomic E-state index is 0.640. The SMILES string of the molecule is OCC(O)C(CO)C(O)(CO)CO. The van der Waals surface area contributed by atoms with Gasteiger partial charge < -0.3 is 30.6 Å². The molecule has 0 aromatic carbocycles. The molecule has 0 aliphatic rings. The van der Waals surface area contributed by atoms with E-state index in [4.69, 9.17) is 25.5 Å². The molecule has 0 radical (unpaired) electrons. The van der Waals surface area contributed by atoms with Gasteiger partial charge in [0.25, 0.3) is 0 Å². The normalized spacial score (nSPS) is 17.1. The molecular weight excluding hydrogens is 180 g/mol. The van der Waals surface area contributed by atoms with Crippen LogP contribution in [0.1, 0.15) is 0 Å². The maximum atomic E-state index is 9.46. The monoisotopic (exact) mass is 196 g/mol. The Morgan fingerprint density at radius 1 is 0.923 bits per heavy atom. The molecule has 0 saturated heterocycles. The van der Waals surface area contributed by atoms with E-state index in [2.05, 4.69) is 0 Å². The van der Waals surface area contributed by atoms with Crippen LogP contribution in [0.5, 0.6) is 0 Å². The molecule has 0 bridgehead atoms. The highest BCUT2D eigenvalue weighted by molar-refractivity contribution is 4.89.